The molecule has 3 aromatic rings. The fourth-order valence-electron chi connectivity index (χ4n) is 2.40. The van der Waals surface area contributed by atoms with E-state index in [2.05, 4.69) is 4.98 Å². The average Bonchev–Trinajstić information content (AvgIpc) is 2.49. The summed E-state index contributed by atoms with van der Waals surface area (Å²) in [5.41, 5.74) is 0.359. The molecule has 2 aromatic carbocycles. The number of phenolic OH excluding ortho intramolecular Hbond substituents is 2. The molecule has 0 fully saturated rings. The van der Waals surface area contributed by atoms with Crippen LogP contribution in [0.2, 0.25) is 0 Å². The molecule has 0 saturated heterocycles. The number of aryl methyl sites for hydroxylation is 1. The lowest BCUT2D eigenvalue weighted by Crippen LogP contribution is -2.23. The Morgan fingerprint density at radius 1 is 1.05 bits per heavy atom. The number of rotatable bonds is 2. The molecule has 21 heavy (non-hydrogen) atoms. The van der Waals surface area contributed by atoms with Gasteiger partial charge in [-0.3, -0.25) is 9.36 Å². The van der Waals surface area contributed by atoms with Crippen molar-refractivity contribution in [3.05, 3.63) is 58.6 Å². The van der Waals surface area contributed by atoms with Crippen molar-refractivity contribution in [3.8, 4) is 17.2 Å². The number of hydrogen-bond donors (Lipinski definition) is 2. The van der Waals surface area contributed by atoms with Gasteiger partial charge in [0.25, 0.3) is 5.56 Å². The number of phenols is 2. The van der Waals surface area contributed by atoms with Gasteiger partial charge in [-0.25, -0.2) is 4.98 Å². The van der Waals surface area contributed by atoms with Crippen LogP contribution < -0.4 is 5.56 Å². The highest BCUT2D eigenvalue weighted by Gasteiger charge is 2.17. The second-order valence-corrected chi connectivity index (χ2v) is 4.68. The smallest absolute Gasteiger partial charge is 0.266 e. The Kier molecular flexibility index (Phi) is 3.10. The molecule has 2 N–H and O–H groups in total. The van der Waals surface area contributed by atoms with Crippen LogP contribution in [0.3, 0.4) is 0 Å². The van der Waals surface area contributed by atoms with Crippen molar-refractivity contribution in [2.45, 2.75) is 13.3 Å². The monoisotopic (exact) mass is 282 g/mol. The molecule has 5 nitrogen and oxygen atoms in total. The van der Waals surface area contributed by atoms with Crippen molar-refractivity contribution in [1.29, 1.82) is 0 Å². The third-order valence-electron chi connectivity index (χ3n) is 3.38. The zero-order chi connectivity index (χ0) is 15.0. The molecular formula is C16H14N2O3. The fourth-order valence-corrected chi connectivity index (χ4v) is 2.40. The Hall–Kier alpha value is -2.82. The van der Waals surface area contributed by atoms with Crippen LogP contribution in [0.5, 0.6) is 11.5 Å². The summed E-state index contributed by atoms with van der Waals surface area (Å²) in [5.74, 6) is 0.156. The summed E-state index contributed by atoms with van der Waals surface area (Å²) in [7, 11) is 0. The second-order valence-electron chi connectivity index (χ2n) is 4.68. The van der Waals surface area contributed by atoms with Crippen molar-refractivity contribution < 1.29 is 10.2 Å². The van der Waals surface area contributed by atoms with Gasteiger partial charge in [0.1, 0.15) is 23.0 Å². The lowest BCUT2D eigenvalue weighted by atomic mass is 10.2. The number of benzene rings is 2. The minimum atomic E-state index is -0.311. The Morgan fingerprint density at radius 3 is 2.38 bits per heavy atom. The topological polar surface area (TPSA) is 75.4 Å². The Balaban J connectivity index is 2.47. The zero-order valence-electron chi connectivity index (χ0n) is 11.4. The number of hydrogen-bond acceptors (Lipinski definition) is 4. The fraction of sp³-hybridized carbons (Fsp3) is 0.125. The largest absolute Gasteiger partial charge is 0.506 e. The SMILES string of the molecule is CCc1nc2ccccc2c(=O)n1-c1c(O)cccc1O. The molecule has 0 aliphatic rings. The lowest BCUT2D eigenvalue weighted by molar-refractivity contribution is 0.443. The van der Waals surface area contributed by atoms with Gasteiger partial charge < -0.3 is 10.2 Å². The number of nitrogens with zero attached hydrogens (tertiary/aromatic N) is 2. The van der Waals surface area contributed by atoms with Gasteiger partial charge in [0, 0.05) is 6.42 Å². The standard InChI is InChI=1S/C16H14N2O3/c1-2-14-17-11-7-4-3-6-10(11)16(21)18(14)15-12(19)8-5-9-13(15)20/h3-9,19-20H,2H2,1H3. The van der Waals surface area contributed by atoms with Crippen LogP contribution in [0.15, 0.2) is 47.3 Å². The molecule has 1 heterocycles. The summed E-state index contributed by atoms with van der Waals surface area (Å²) in [6.07, 6.45) is 0.494. The van der Waals surface area contributed by atoms with Gasteiger partial charge in [0.2, 0.25) is 0 Å². The summed E-state index contributed by atoms with van der Waals surface area (Å²) >= 11 is 0. The van der Waals surface area contributed by atoms with Crippen LogP contribution in [-0.4, -0.2) is 19.8 Å². The quantitative estimate of drug-likeness (QED) is 0.756. The third kappa shape index (κ3) is 2.03. The first-order valence-corrected chi connectivity index (χ1v) is 6.65. The molecule has 1 aromatic heterocycles. The molecule has 0 atom stereocenters. The van der Waals surface area contributed by atoms with Crippen LogP contribution in [-0.2, 0) is 6.42 Å². The van der Waals surface area contributed by atoms with E-state index in [1.54, 1.807) is 18.2 Å². The van der Waals surface area contributed by atoms with E-state index in [4.69, 9.17) is 0 Å². The van der Waals surface area contributed by atoms with Gasteiger partial charge in [-0.1, -0.05) is 25.1 Å². The van der Waals surface area contributed by atoms with Crippen LogP contribution >= 0.6 is 0 Å². The van der Waals surface area contributed by atoms with E-state index >= 15 is 0 Å². The second kappa shape index (κ2) is 4.94. The van der Waals surface area contributed by atoms with Crippen molar-refractivity contribution in [1.82, 2.24) is 9.55 Å². The number of para-hydroxylation sites is 2. The molecule has 0 aliphatic heterocycles. The van der Waals surface area contributed by atoms with Crippen LogP contribution in [0.25, 0.3) is 16.6 Å². The van der Waals surface area contributed by atoms with Crippen LogP contribution in [0, 0.1) is 0 Å². The van der Waals surface area contributed by atoms with Crippen molar-refractivity contribution in [2.75, 3.05) is 0 Å². The normalized spacial score (nSPS) is 10.9. The van der Waals surface area contributed by atoms with E-state index in [9.17, 15) is 15.0 Å². The molecule has 0 bridgehead atoms. The molecule has 0 spiro atoms. The minimum absolute atomic E-state index is 0.0672. The van der Waals surface area contributed by atoms with Crippen LogP contribution in [0.1, 0.15) is 12.7 Å². The predicted octanol–water partition coefficient (Wildman–Crippen LogP) is 2.36. The Labute approximate surface area is 120 Å². The summed E-state index contributed by atoms with van der Waals surface area (Å²) in [6, 6.07) is 11.4. The van der Waals surface area contributed by atoms with Gasteiger partial charge >= 0.3 is 0 Å². The van der Waals surface area contributed by atoms with Gasteiger partial charge in [-0.15, -0.1) is 0 Å². The summed E-state index contributed by atoms with van der Waals surface area (Å²) in [6.45, 7) is 1.87. The molecule has 5 heteroatoms. The van der Waals surface area contributed by atoms with E-state index < -0.39 is 0 Å². The number of fused-ring (bicyclic) bond motifs is 1. The summed E-state index contributed by atoms with van der Waals surface area (Å²) < 4.78 is 1.27. The molecule has 3 rings (SSSR count). The predicted molar refractivity (Wildman–Crippen MR) is 80.0 cm³/mol. The summed E-state index contributed by atoms with van der Waals surface area (Å²) in [4.78, 5) is 17.2. The maximum absolute atomic E-state index is 12.7. The van der Waals surface area contributed by atoms with Crippen LogP contribution in [0.4, 0.5) is 0 Å². The molecule has 0 radical (unpaired) electrons. The van der Waals surface area contributed by atoms with Gasteiger partial charge in [-0.2, -0.15) is 0 Å². The summed E-state index contributed by atoms with van der Waals surface area (Å²) in [5, 5.41) is 20.5. The van der Waals surface area contributed by atoms with Crippen molar-refractivity contribution in [2.24, 2.45) is 0 Å². The highest BCUT2D eigenvalue weighted by molar-refractivity contribution is 5.78. The molecular weight excluding hydrogens is 268 g/mol. The maximum atomic E-state index is 12.7. The van der Waals surface area contributed by atoms with E-state index in [0.29, 0.717) is 23.1 Å². The van der Waals surface area contributed by atoms with Gasteiger partial charge in [-0.05, 0) is 24.3 Å². The van der Waals surface area contributed by atoms with Gasteiger partial charge in [0.15, 0.2) is 0 Å². The van der Waals surface area contributed by atoms with E-state index in [0.717, 1.165) is 0 Å². The first-order valence-electron chi connectivity index (χ1n) is 6.65. The van der Waals surface area contributed by atoms with Gasteiger partial charge in [0.05, 0.1) is 10.9 Å². The van der Waals surface area contributed by atoms with Crippen molar-refractivity contribution in [3.63, 3.8) is 0 Å². The zero-order valence-corrected chi connectivity index (χ0v) is 11.4. The van der Waals surface area contributed by atoms with E-state index in [1.807, 2.05) is 13.0 Å². The molecule has 0 aliphatic carbocycles. The minimum Gasteiger partial charge on any atom is -0.506 e. The Morgan fingerprint density at radius 2 is 1.71 bits per heavy atom. The maximum Gasteiger partial charge on any atom is 0.266 e. The molecule has 0 amide bonds. The first-order chi connectivity index (χ1) is 10.1. The molecule has 106 valence electrons. The van der Waals surface area contributed by atoms with E-state index in [1.165, 1.54) is 22.8 Å². The average molecular weight is 282 g/mol. The number of aromatic nitrogens is 2. The highest BCUT2D eigenvalue weighted by atomic mass is 16.3. The molecule has 0 unspecified atom stereocenters. The molecule has 0 saturated carbocycles. The van der Waals surface area contributed by atoms with Crippen molar-refractivity contribution >= 4 is 10.9 Å². The van der Waals surface area contributed by atoms with E-state index in [-0.39, 0.29) is 22.7 Å². The third-order valence-corrected chi connectivity index (χ3v) is 3.38. The lowest BCUT2D eigenvalue weighted by Gasteiger charge is -2.14. The first kappa shape index (κ1) is 13.2. The highest BCUT2D eigenvalue weighted by Crippen LogP contribution is 2.30. The Bertz CT molecular complexity index is 864. The number of aromatic hydroxyl groups is 2.